The number of rotatable bonds is 9. The molecular weight excluding hydrogens is 603 g/mol. The van der Waals surface area contributed by atoms with Gasteiger partial charge in [-0.05, 0) is 60.4 Å². The molecule has 0 fully saturated rings. The molecule has 0 radical (unpaired) electrons. The number of hydrogen-bond acceptors (Lipinski definition) is 7. The molecule has 13 heteroatoms. The van der Waals surface area contributed by atoms with Crippen LogP contribution in [0.3, 0.4) is 0 Å². The molecule has 0 aliphatic rings. The lowest BCUT2D eigenvalue weighted by Gasteiger charge is -2.19. The molecule has 8 nitrogen and oxygen atoms in total. The van der Waals surface area contributed by atoms with Crippen molar-refractivity contribution < 1.29 is 35.9 Å². The van der Waals surface area contributed by atoms with Crippen LogP contribution in [0.4, 0.5) is 18.9 Å². The molecule has 1 atom stereocenters. The summed E-state index contributed by atoms with van der Waals surface area (Å²) in [5.74, 6) is -1.40. The van der Waals surface area contributed by atoms with E-state index in [1.165, 1.54) is 31.4 Å². The Kier molecular flexibility index (Phi) is 9.38. The first kappa shape index (κ1) is 31.9. The minimum absolute atomic E-state index is 0.00900. The third-order valence-electron chi connectivity index (χ3n) is 6.51. The van der Waals surface area contributed by atoms with E-state index in [9.17, 15) is 31.2 Å². The molecule has 0 aliphatic heterocycles. The number of hydrogen-bond donors (Lipinski definition) is 2. The third kappa shape index (κ3) is 7.48. The summed E-state index contributed by atoms with van der Waals surface area (Å²) in [7, 11) is -2.79. The lowest BCUT2D eigenvalue weighted by Crippen LogP contribution is -2.44. The second kappa shape index (κ2) is 12.7. The Bertz CT molecular complexity index is 1720. The Hall–Kier alpha value is -4.07. The summed E-state index contributed by atoms with van der Waals surface area (Å²) in [5, 5.41) is 3.23. The molecule has 4 rings (SSSR count). The van der Waals surface area contributed by atoms with Crippen molar-refractivity contribution in [2.45, 2.75) is 37.9 Å². The van der Waals surface area contributed by atoms with Crippen molar-refractivity contribution >= 4 is 38.9 Å². The van der Waals surface area contributed by atoms with Gasteiger partial charge in [-0.15, -0.1) is 11.3 Å². The van der Waals surface area contributed by atoms with Crippen molar-refractivity contribution in [1.29, 1.82) is 0 Å². The van der Waals surface area contributed by atoms with Crippen molar-refractivity contribution in [1.82, 2.24) is 9.71 Å². The fourth-order valence-corrected chi connectivity index (χ4v) is 6.41. The number of sulfonamides is 1. The summed E-state index contributed by atoms with van der Waals surface area (Å²) in [6, 6.07) is 16.6. The van der Waals surface area contributed by atoms with E-state index in [0.717, 1.165) is 34.6 Å². The van der Waals surface area contributed by atoms with Crippen LogP contribution in [0.25, 0.3) is 21.7 Å². The summed E-state index contributed by atoms with van der Waals surface area (Å²) >= 11 is 1.08. The molecule has 3 aromatic carbocycles. The van der Waals surface area contributed by atoms with E-state index >= 15 is 0 Å². The normalized spacial score (nSPS) is 12.7. The number of halogens is 3. The van der Waals surface area contributed by atoms with Gasteiger partial charge < -0.3 is 10.1 Å². The Balaban J connectivity index is 1.44. The zero-order valence-electron chi connectivity index (χ0n) is 23.5. The monoisotopic (exact) mass is 631 g/mol. The first-order chi connectivity index (χ1) is 20.2. The lowest BCUT2D eigenvalue weighted by molar-refractivity contribution is -0.143. The lowest BCUT2D eigenvalue weighted by atomic mass is 10.1. The maximum absolute atomic E-state index is 13.0. The van der Waals surface area contributed by atoms with E-state index in [-0.39, 0.29) is 10.8 Å². The average molecular weight is 632 g/mol. The van der Waals surface area contributed by atoms with Crippen LogP contribution < -0.4 is 10.0 Å². The molecule has 4 aromatic rings. The highest BCUT2D eigenvalue weighted by Gasteiger charge is 2.31. The van der Waals surface area contributed by atoms with Gasteiger partial charge in [0.1, 0.15) is 15.9 Å². The fraction of sp³-hybridized carbons (Fsp3) is 0.233. The van der Waals surface area contributed by atoms with Gasteiger partial charge in [-0.3, -0.25) is 9.59 Å². The molecule has 2 N–H and O–H groups in total. The summed E-state index contributed by atoms with van der Waals surface area (Å²) in [5.41, 5.74) is 2.16. The predicted molar refractivity (Wildman–Crippen MR) is 158 cm³/mol. The van der Waals surface area contributed by atoms with Crippen LogP contribution in [0.5, 0.6) is 0 Å². The number of alkyl halides is 3. The molecule has 0 saturated heterocycles. The van der Waals surface area contributed by atoms with E-state index in [1.807, 2.05) is 0 Å². The highest BCUT2D eigenvalue weighted by Crippen LogP contribution is 2.33. The number of ether oxygens (including phenoxy) is 1. The number of carbonyl (C=O) groups is 2. The fourth-order valence-electron chi connectivity index (χ4n) is 4.11. The van der Waals surface area contributed by atoms with Crippen LogP contribution in [-0.2, 0) is 25.7 Å². The third-order valence-corrected chi connectivity index (χ3v) is 9.17. The maximum Gasteiger partial charge on any atom is 0.416 e. The molecule has 1 unspecified atom stereocenters. The molecule has 0 spiro atoms. The van der Waals surface area contributed by atoms with Crippen LogP contribution in [-0.4, -0.2) is 38.4 Å². The second-order valence-corrected chi connectivity index (χ2v) is 12.6. The number of anilines is 1. The van der Waals surface area contributed by atoms with Gasteiger partial charge in [0.25, 0.3) is 5.91 Å². The minimum Gasteiger partial charge on any atom is -0.468 e. The minimum atomic E-state index is -4.44. The first-order valence-electron chi connectivity index (χ1n) is 13.0. The summed E-state index contributed by atoms with van der Waals surface area (Å²) < 4.78 is 71.4. The van der Waals surface area contributed by atoms with Gasteiger partial charge in [0, 0.05) is 11.3 Å². The Morgan fingerprint density at radius 1 is 0.884 bits per heavy atom. The molecule has 0 aliphatic carbocycles. The highest BCUT2D eigenvalue weighted by molar-refractivity contribution is 7.89. The quantitative estimate of drug-likeness (QED) is 0.203. The Labute approximate surface area is 251 Å². The number of amides is 1. The molecular formula is C30H28F3N3O5S2. The SMILES string of the molecule is COC(=O)C(NS(=O)(=O)c1ccc(-c2ccc(NC(=O)c3sc(-c4ccc(C(F)(F)F)cc4)nc3C)cc2)cc1)C(C)C. The van der Waals surface area contributed by atoms with Crippen LogP contribution in [0.15, 0.2) is 77.7 Å². The standard InChI is InChI=1S/C30H28F3N3O5S2/c1-17(2)25(29(38)41-4)36-43(39,40)24-15-9-20(10-16-24)19-7-13-23(14-8-19)35-27(37)26-18(3)34-28(42-26)21-5-11-22(12-6-21)30(31,32)33/h5-17,25,36H,1-4H3,(H,35,37). The number of methoxy groups -OCH3 is 1. The number of esters is 1. The first-order valence-corrected chi connectivity index (χ1v) is 15.3. The van der Waals surface area contributed by atoms with Crippen molar-refractivity contribution in [2.24, 2.45) is 5.92 Å². The zero-order chi connectivity index (χ0) is 31.5. The van der Waals surface area contributed by atoms with Gasteiger partial charge in [0.2, 0.25) is 10.0 Å². The van der Waals surface area contributed by atoms with Gasteiger partial charge in [0.05, 0.1) is 23.3 Å². The molecule has 43 heavy (non-hydrogen) atoms. The number of carbonyl (C=O) groups excluding carboxylic acids is 2. The van der Waals surface area contributed by atoms with E-state index < -0.39 is 39.7 Å². The Morgan fingerprint density at radius 2 is 1.42 bits per heavy atom. The number of nitrogens with zero attached hydrogens (tertiary/aromatic N) is 1. The maximum atomic E-state index is 13.0. The second-order valence-electron chi connectivity index (χ2n) is 9.93. The van der Waals surface area contributed by atoms with E-state index in [4.69, 9.17) is 4.74 Å². The molecule has 0 bridgehead atoms. The van der Waals surface area contributed by atoms with Gasteiger partial charge in [0.15, 0.2) is 0 Å². The molecule has 0 saturated carbocycles. The number of aryl methyl sites for hydroxylation is 1. The molecule has 1 amide bonds. The highest BCUT2D eigenvalue weighted by atomic mass is 32.2. The largest absolute Gasteiger partial charge is 0.468 e. The van der Waals surface area contributed by atoms with Crippen molar-refractivity contribution in [3.63, 3.8) is 0 Å². The van der Waals surface area contributed by atoms with Crippen molar-refractivity contribution in [3.8, 4) is 21.7 Å². The van der Waals surface area contributed by atoms with Crippen LogP contribution in [0.2, 0.25) is 0 Å². The molecule has 1 aromatic heterocycles. The van der Waals surface area contributed by atoms with Gasteiger partial charge in [-0.2, -0.15) is 17.9 Å². The number of nitrogens with one attached hydrogen (secondary N) is 2. The van der Waals surface area contributed by atoms with Crippen LogP contribution in [0, 0.1) is 12.8 Å². The molecule has 226 valence electrons. The predicted octanol–water partition coefficient (Wildman–Crippen LogP) is 6.53. The van der Waals surface area contributed by atoms with Crippen LogP contribution >= 0.6 is 11.3 Å². The Morgan fingerprint density at radius 3 is 1.93 bits per heavy atom. The topological polar surface area (TPSA) is 114 Å². The zero-order valence-corrected chi connectivity index (χ0v) is 25.2. The molecule has 1 heterocycles. The van der Waals surface area contributed by atoms with E-state index in [0.29, 0.717) is 26.8 Å². The van der Waals surface area contributed by atoms with E-state index in [1.54, 1.807) is 57.2 Å². The van der Waals surface area contributed by atoms with Gasteiger partial charge in [-0.25, -0.2) is 13.4 Å². The van der Waals surface area contributed by atoms with E-state index in [2.05, 4.69) is 15.0 Å². The smallest absolute Gasteiger partial charge is 0.416 e. The van der Waals surface area contributed by atoms with Crippen molar-refractivity contribution in [2.75, 3.05) is 12.4 Å². The van der Waals surface area contributed by atoms with Crippen molar-refractivity contribution in [3.05, 3.63) is 88.9 Å². The average Bonchev–Trinajstić information content (AvgIpc) is 3.37. The van der Waals surface area contributed by atoms with Gasteiger partial charge >= 0.3 is 12.1 Å². The summed E-state index contributed by atoms with van der Waals surface area (Å²) in [6.07, 6.45) is -4.44. The number of thiazole rings is 1. The number of benzene rings is 3. The van der Waals surface area contributed by atoms with Gasteiger partial charge in [-0.1, -0.05) is 50.2 Å². The summed E-state index contributed by atoms with van der Waals surface area (Å²) in [4.78, 5) is 29.6. The summed E-state index contributed by atoms with van der Waals surface area (Å²) in [6.45, 7) is 5.07. The van der Waals surface area contributed by atoms with Crippen LogP contribution in [0.1, 0.15) is 34.8 Å². The number of aromatic nitrogens is 1.